The molecule has 1 unspecified atom stereocenters. The Balaban J connectivity index is 1.69. The molecule has 0 saturated carbocycles. The fraction of sp³-hybridized carbons (Fsp3) is 0.471. The first-order valence-electron chi connectivity index (χ1n) is 7.40. The van der Waals surface area contributed by atoms with Crippen LogP contribution in [-0.2, 0) is 14.2 Å². The van der Waals surface area contributed by atoms with Crippen LogP contribution in [0.25, 0.3) is 0 Å². The second-order valence-corrected chi connectivity index (χ2v) is 6.50. The summed E-state index contributed by atoms with van der Waals surface area (Å²) in [7, 11) is 2.72. The highest BCUT2D eigenvalue weighted by molar-refractivity contribution is 7.37. The molecule has 0 amide bonds. The van der Waals surface area contributed by atoms with E-state index in [0.717, 1.165) is 25.9 Å². The van der Waals surface area contributed by atoms with Crippen LogP contribution >= 0.6 is 8.20 Å². The maximum atomic E-state index is 6.12. The lowest BCUT2D eigenvalue weighted by atomic mass is 9.99. The average Bonchev–Trinajstić information content (AvgIpc) is 2.60. The minimum atomic E-state index is -0.349. The molecule has 2 fully saturated rings. The largest absolute Gasteiger partial charge is 0.497 e. The van der Waals surface area contributed by atoms with E-state index in [2.05, 4.69) is 12.9 Å². The van der Waals surface area contributed by atoms with Crippen molar-refractivity contribution < 1.29 is 18.9 Å². The maximum absolute atomic E-state index is 6.12. The first-order valence-corrected chi connectivity index (χ1v) is 8.55. The highest BCUT2D eigenvalue weighted by atomic mass is 31.1. The molecule has 2 heterocycles. The SMILES string of the molecule is C=C[C@H]1O[C@@H]2COC(c3ccc(OC)cc3)O[C@H]2C[C@@H]1P=C. The topological polar surface area (TPSA) is 36.9 Å². The average molecular weight is 320 g/mol. The fourth-order valence-electron chi connectivity index (χ4n) is 2.90. The number of rotatable bonds is 4. The number of fused-ring (bicyclic) bond motifs is 1. The van der Waals surface area contributed by atoms with Gasteiger partial charge in [0.1, 0.15) is 11.9 Å². The molecule has 22 heavy (non-hydrogen) atoms. The number of hydrogen-bond acceptors (Lipinski definition) is 4. The van der Waals surface area contributed by atoms with Crippen molar-refractivity contribution in [2.24, 2.45) is 0 Å². The molecule has 5 heteroatoms. The van der Waals surface area contributed by atoms with Crippen LogP contribution < -0.4 is 4.74 Å². The Labute approximate surface area is 132 Å². The quantitative estimate of drug-likeness (QED) is 0.631. The van der Waals surface area contributed by atoms with Crippen LogP contribution in [0.2, 0.25) is 0 Å². The van der Waals surface area contributed by atoms with Gasteiger partial charge >= 0.3 is 0 Å². The van der Waals surface area contributed by atoms with Crippen molar-refractivity contribution >= 4 is 14.5 Å². The van der Waals surface area contributed by atoms with Gasteiger partial charge in [0.05, 0.1) is 25.9 Å². The third kappa shape index (κ3) is 3.11. The summed E-state index contributed by atoms with van der Waals surface area (Å²) in [6, 6.07) is 7.77. The molecule has 5 atom stereocenters. The molecule has 3 rings (SSSR count). The van der Waals surface area contributed by atoms with Crippen LogP contribution in [0.3, 0.4) is 0 Å². The Morgan fingerprint density at radius 2 is 2.00 bits per heavy atom. The molecule has 0 aliphatic carbocycles. The molecule has 0 bridgehead atoms. The van der Waals surface area contributed by atoms with Gasteiger partial charge in [-0.1, -0.05) is 24.5 Å². The lowest BCUT2D eigenvalue weighted by molar-refractivity contribution is -0.283. The molecule has 2 aliphatic rings. The number of benzene rings is 1. The zero-order valence-corrected chi connectivity index (χ0v) is 13.6. The van der Waals surface area contributed by atoms with Crippen LogP contribution in [0.4, 0.5) is 0 Å². The Kier molecular flexibility index (Phi) is 4.94. The van der Waals surface area contributed by atoms with Crippen LogP contribution in [-0.4, -0.2) is 44.0 Å². The van der Waals surface area contributed by atoms with Crippen molar-refractivity contribution in [1.29, 1.82) is 0 Å². The van der Waals surface area contributed by atoms with E-state index in [0.29, 0.717) is 12.3 Å². The van der Waals surface area contributed by atoms with Crippen molar-refractivity contribution in [3.8, 4) is 5.75 Å². The van der Waals surface area contributed by atoms with Gasteiger partial charge in [-0.3, -0.25) is 0 Å². The van der Waals surface area contributed by atoms with E-state index in [1.54, 1.807) is 7.11 Å². The summed E-state index contributed by atoms with van der Waals surface area (Å²) in [6.07, 6.45) is 6.45. The Morgan fingerprint density at radius 3 is 2.64 bits per heavy atom. The zero-order chi connectivity index (χ0) is 15.5. The van der Waals surface area contributed by atoms with E-state index in [1.165, 1.54) is 0 Å². The Morgan fingerprint density at radius 1 is 1.23 bits per heavy atom. The predicted molar refractivity (Wildman–Crippen MR) is 87.9 cm³/mol. The van der Waals surface area contributed by atoms with Crippen molar-refractivity contribution in [3.05, 3.63) is 42.5 Å². The lowest BCUT2D eigenvalue weighted by Gasteiger charge is -2.43. The minimum absolute atomic E-state index is 0.0319. The van der Waals surface area contributed by atoms with E-state index in [1.807, 2.05) is 30.3 Å². The van der Waals surface area contributed by atoms with Crippen molar-refractivity contribution in [2.45, 2.75) is 36.7 Å². The van der Waals surface area contributed by atoms with E-state index < -0.39 is 0 Å². The first kappa shape index (κ1) is 15.7. The predicted octanol–water partition coefficient (Wildman–Crippen LogP) is 3.20. The standard InChI is InChI=1S/C17H21O4P/c1-4-13-16(22-3)9-14-15(20-13)10-19-17(21-14)11-5-7-12(18-2)8-6-11/h4-8,13-17H,1,3,9-10H2,2H3/t13-,14+,15-,16+,17?/m1/s1. The molecule has 118 valence electrons. The van der Waals surface area contributed by atoms with Gasteiger partial charge in [0.15, 0.2) is 6.29 Å². The third-order valence-corrected chi connectivity index (χ3v) is 5.14. The third-order valence-electron chi connectivity index (χ3n) is 4.16. The van der Waals surface area contributed by atoms with Crippen LogP contribution in [0.5, 0.6) is 5.75 Å². The van der Waals surface area contributed by atoms with Gasteiger partial charge in [-0.15, -0.1) is 14.8 Å². The van der Waals surface area contributed by atoms with E-state index in [4.69, 9.17) is 18.9 Å². The molecule has 0 N–H and O–H groups in total. The molecular weight excluding hydrogens is 299 g/mol. The maximum Gasteiger partial charge on any atom is 0.184 e. The van der Waals surface area contributed by atoms with Crippen molar-refractivity contribution in [3.63, 3.8) is 0 Å². The highest BCUT2D eigenvalue weighted by Crippen LogP contribution is 2.37. The second kappa shape index (κ2) is 6.93. The number of methoxy groups -OCH3 is 1. The summed E-state index contributed by atoms with van der Waals surface area (Å²) in [5.41, 5.74) is 1.32. The first-order chi connectivity index (χ1) is 10.7. The van der Waals surface area contributed by atoms with Crippen LogP contribution in [0.15, 0.2) is 36.9 Å². The normalized spacial score (nSPS) is 34.9. The van der Waals surface area contributed by atoms with Crippen molar-refractivity contribution in [2.75, 3.05) is 13.7 Å². The highest BCUT2D eigenvalue weighted by Gasteiger charge is 2.41. The molecule has 0 aromatic heterocycles. The van der Waals surface area contributed by atoms with Crippen molar-refractivity contribution in [1.82, 2.24) is 0 Å². The van der Waals surface area contributed by atoms with E-state index >= 15 is 0 Å². The summed E-state index contributed by atoms with van der Waals surface area (Å²) in [4.78, 5) is 0. The second-order valence-electron chi connectivity index (χ2n) is 5.47. The van der Waals surface area contributed by atoms with Gasteiger partial charge < -0.3 is 18.9 Å². The van der Waals surface area contributed by atoms with Gasteiger partial charge in [0.2, 0.25) is 0 Å². The van der Waals surface area contributed by atoms with Gasteiger partial charge in [-0.05, 0) is 18.6 Å². The minimum Gasteiger partial charge on any atom is -0.497 e. The summed E-state index contributed by atoms with van der Waals surface area (Å²) < 4.78 is 23.2. The lowest BCUT2D eigenvalue weighted by Crippen LogP contribution is -2.51. The molecule has 1 aromatic carbocycles. The molecule has 2 saturated heterocycles. The Hall–Kier alpha value is -1.19. The molecule has 1 aromatic rings. The van der Waals surface area contributed by atoms with E-state index in [-0.39, 0.29) is 24.6 Å². The summed E-state index contributed by atoms with van der Waals surface area (Å²) in [5.74, 6) is 0.822. The Bertz CT molecular complexity index is 530. The molecular formula is C17H21O4P. The van der Waals surface area contributed by atoms with Gasteiger partial charge in [0.25, 0.3) is 0 Å². The van der Waals surface area contributed by atoms with E-state index in [9.17, 15) is 0 Å². The van der Waals surface area contributed by atoms with Crippen LogP contribution in [0, 0.1) is 0 Å². The smallest absolute Gasteiger partial charge is 0.184 e. The summed E-state index contributed by atoms with van der Waals surface area (Å²) in [6.45, 7) is 4.38. The number of ether oxygens (including phenoxy) is 4. The number of hydrogen-bond donors (Lipinski definition) is 0. The van der Waals surface area contributed by atoms with Gasteiger partial charge in [-0.25, -0.2) is 0 Å². The van der Waals surface area contributed by atoms with Crippen LogP contribution in [0.1, 0.15) is 18.3 Å². The summed E-state index contributed by atoms with van der Waals surface area (Å²) in [5, 5.41) is 0. The molecule has 4 nitrogen and oxygen atoms in total. The monoisotopic (exact) mass is 320 g/mol. The van der Waals surface area contributed by atoms with Gasteiger partial charge in [-0.2, -0.15) is 0 Å². The zero-order valence-electron chi connectivity index (χ0n) is 12.7. The summed E-state index contributed by atoms with van der Waals surface area (Å²) >= 11 is 0. The fourth-order valence-corrected chi connectivity index (χ4v) is 3.66. The molecule has 0 spiro atoms. The van der Waals surface area contributed by atoms with Gasteiger partial charge in [0, 0.05) is 11.2 Å². The molecule has 0 radical (unpaired) electrons. The molecule has 2 aliphatic heterocycles.